The van der Waals surface area contributed by atoms with Gasteiger partial charge in [0.2, 0.25) is 0 Å². The van der Waals surface area contributed by atoms with Gasteiger partial charge in [-0.25, -0.2) is 0 Å². The summed E-state index contributed by atoms with van der Waals surface area (Å²) in [5.74, 6) is 0.736. The van der Waals surface area contributed by atoms with Crippen LogP contribution < -0.4 is 4.74 Å². The lowest BCUT2D eigenvalue weighted by molar-refractivity contribution is 0.177. The number of hydrogen-bond donors (Lipinski definition) is 1. The van der Waals surface area contributed by atoms with Gasteiger partial charge in [0.1, 0.15) is 5.75 Å². The molecule has 0 aliphatic carbocycles. The third-order valence-electron chi connectivity index (χ3n) is 2.37. The number of hydrogen-bond acceptors (Lipinski definition) is 4. The Morgan fingerprint density at radius 3 is 2.94 bits per heavy atom. The van der Waals surface area contributed by atoms with Gasteiger partial charge in [0, 0.05) is 22.8 Å². The largest absolute Gasteiger partial charge is 0.495 e. The zero-order valence-electron chi connectivity index (χ0n) is 9.26. The fourth-order valence-electron chi connectivity index (χ4n) is 1.54. The molecule has 0 radical (unpaired) electrons. The minimum atomic E-state index is -0.571. The smallest absolute Gasteiger partial charge is 0.135 e. The van der Waals surface area contributed by atoms with Gasteiger partial charge >= 0.3 is 0 Å². The Bertz CT molecular complexity index is 484. The maximum absolute atomic E-state index is 10.1. The van der Waals surface area contributed by atoms with Gasteiger partial charge in [-0.3, -0.25) is 4.98 Å². The third-order valence-corrected chi connectivity index (χ3v) is 3.84. The second-order valence-electron chi connectivity index (χ2n) is 3.54. The van der Waals surface area contributed by atoms with Crippen molar-refractivity contribution in [2.75, 3.05) is 7.11 Å². The average molecular weight is 314 g/mol. The number of pyridine rings is 1. The normalized spacial score (nSPS) is 12.4. The zero-order valence-corrected chi connectivity index (χ0v) is 11.7. The molecule has 2 aromatic heterocycles. The molecule has 1 atom stereocenters. The van der Waals surface area contributed by atoms with Crippen LogP contribution >= 0.6 is 27.3 Å². The average Bonchev–Trinajstić information content (AvgIpc) is 2.80. The minimum Gasteiger partial charge on any atom is -0.495 e. The Hall–Kier alpha value is -0.910. The number of methoxy groups -OCH3 is 1. The predicted octanol–water partition coefficient (Wildman–Crippen LogP) is 3.19. The summed E-state index contributed by atoms with van der Waals surface area (Å²) >= 11 is 4.82. The molecule has 0 aliphatic heterocycles. The number of halogens is 1. The zero-order chi connectivity index (χ0) is 12.3. The van der Waals surface area contributed by atoms with E-state index in [1.165, 1.54) is 11.3 Å². The highest BCUT2D eigenvalue weighted by molar-refractivity contribution is 9.10. The van der Waals surface area contributed by atoms with Gasteiger partial charge in [0.25, 0.3) is 0 Å². The third kappa shape index (κ3) is 3.06. The van der Waals surface area contributed by atoms with Crippen LogP contribution in [0.25, 0.3) is 0 Å². The first-order chi connectivity index (χ1) is 8.20. The lowest BCUT2D eigenvalue weighted by Gasteiger charge is -2.10. The van der Waals surface area contributed by atoms with Crippen molar-refractivity contribution >= 4 is 27.3 Å². The molecule has 2 aromatic rings. The van der Waals surface area contributed by atoms with E-state index in [0.29, 0.717) is 6.42 Å². The molecule has 0 aliphatic rings. The fraction of sp³-hybridized carbons (Fsp3) is 0.250. The van der Waals surface area contributed by atoms with Crippen molar-refractivity contribution in [1.82, 2.24) is 4.98 Å². The summed E-state index contributed by atoms with van der Waals surface area (Å²) in [4.78, 5) is 5.09. The summed E-state index contributed by atoms with van der Waals surface area (Å²) in [5.41, 5.74) is 0.858. The highest BCUT2D eigenvalue weighted by atomic mass is 79.9. The Labute approximate surface area is 112 Å². The molecule has 0 spiro atoms. The molecule has 0 amide bonds. The molecule has 5 heteroatoms. The monoisotopic (exact) mass is 313 g/mol. The summed E-state index contributed by atoms with van der Waals surface area (Å²) in [6, 6.07) is 5.67. The molecule has 2 heterocycles. The van der Waals surface area contributed by atoms with Gasteiger partial charge in [0.15, 0.2) is 0 Å². The predicted molar refractivity (Wildman–Crippen MR) is 71.5 cm³/mol. The summed E-state index contributed by atoms with van der Waals surface area (Å²) in [6.45, 7) is 0. The van der Waals surface area contributed by atoms with E-state index in [4.69, 9.17) is 4.74 Å². The van der Waals surface area contributed by atoms with Crippen molar-refractivity contribution in [3.05, 3.63) is 44.8 Å². The molecule has 90 valence electrons. The van der Waals surface area contributed by atoms with E-state index in [2.05, 4.69) is 20.9 Å². The Morgan fingerprint density at radius 1 is 1.47 bits per heavy atom. The summed E-state index contributed by atoms with van der Waals surface area (Å²) in [5, 5.41) is 12.0. The highest BCUT2D eigenvalue weighted by Gasteiger charge is 2.15. The summed E-state index contributed by atoms with van der Waals surface area (Å²) in [7, 11) is 1.61. The van der Waals surface area contributed by atoms with Crippen molar-refractivity contribution < 1.29 is 9.84 Å². The highest BCUT2D eigenvalue weighted by Crippen LogP contribution is 2.32. The van der Waals surface area contributed by atoms with Gasteiger partial charge in [-0.15, -0.1) is 11.3 Å². The first-order valence-electron chi connectivity index (χ1n) is 5.10. The van der Waals surface area contributed by atoms with Gasteiger partial charge < -0.3 is 9.84 Å². The molecule has 0 aromatic carbocycles. The molecule has 1 unspecified atom stereocenters. The molecule has 3 nitrogen and oxygen atoms in total. The van der Waals surface area contributed by atoms with Gasteiger partial charge in [-0.1, -0.05) is 0 Å². The van der Waals surface area contributed by atoms with Crippen LogP contribution in [0.1, 0.15) is 16.7 Å². The second kappa shape index (κ2) is 5.62. The number of aliphatic hydroxyl groups excluding tert-OH is 1. The molecule has 0 saturated carbocycles. The van der Waals surface area contributed by atoms with Crippen LogP contribution in [0.4, 0.5) is 0 Å². The van der Waals surface area contributed by atoms with Crippen molar-refractivity contribution in [3.63, 3.8) is 0 Å². The van der Waals surface area contributed by atoms with E-state index in [9.17, 15) is 5.11 Å². The minimum absolute atomic E-state index is 0.490. The van der Waals surface area contributed by atoms with Crippen LogP contribution in [0.3, 0.4) is 0 Å². The molecule has 2 rings (SSSR count). The van der Waals surface area contributed by atoms with E-state index in [1.807, 2.05) is 23.6 Å². The van der Waals surface area contributed by atoms with Gasteiger partial charge in [0.05, 0.1) is 18.1 Å². The van der Waals surface area contributed by atoms with Gasteiger partial charge in [-0.05, 0) is 39.5 Å². The number of rotatable bonds is 4. The number of ether oxygens (including phenoxy) is 1. The Kier molecular flexibility index (Phi) is 4.15. The maximum atomic E-state index is 10.1. The molecule has 17 heavy (non-hydrogen) atoms. The molecular formula is C12H12BrNO2S. The first-order valence-corrected chi connectivity index (χ1v) is 6.78. The van der Waals surface area contributed by atoms with Gasteiger partial charge in [-0.2, -0.15) is 0 Å². The second-order valence-corrected chi connectivity index (χ2v) is 5.40. The number of thiophene rings is 1. The van der Waals surface area contributed by atoms with Crippen LogP contribution in [0.5, 0.6) is 5.75 Å². The SMILES string of the molecule is COc1ccsc1C(O)Cc1ccc(Br)cn1. The van der Waals surface area contributed by atoms with E-state index in [1.54, 1.807) is 13.3 Å². The molecular weight excluding hydrogens is 302 g/mol. The fourth-order valence-corrected chi connectivity index (χ4v) is 2.62. The number of aliphatic hydroxyl groups is 1. The Morgan fingerprint density at radius 2 is 2.29 bits per heavy atom. The molecule has 0 fully saturated rings. The van der Waals surface area contributed by atoms with Crippen molar-refractivity contribution in [3.8, 4) is 5.75 Å². The van der Waals surface area contributed by atoms with Crippen molar-refractivity contribution in [1.29, 1.82) is 0 Å². The van der Waals surface area contributed by atoms with Crippen molar-refractivity contribution in [2.24, 2.45) is 0 Å². The van der Waals surface area contributed by atoms with Crippen LogP contribution in [0.15, 0.2) is 34.2 Å². The van der Waals surface area contributed by atoms with E-state index in [-0.39, 0.29) is 0 Å². The number of nitrogens with zero attached hydrogens (tertiary/aromatic N) is 1. The molecule has 0 bridgehead atoms. The lowest BCUT2D eigenvalue weighted by Crippen LogP contribution is -2.02. The Balaban J connectivity index is 2.11. The van der Waals surface area contributed by atoms with Crippen LogP contribution in [-0.4, -0.2) is 17.2 Å². The van der Waals surface area contributed by atoms with Crippen LogP contribution in [0, 0.1) is 0 Å². The summed E-state index contributed by atoms with van der Waals surface area (Å²) < 4.78 is 6.12. The van der Waals surface area contributed by atoms with Crippen LogP contribution in [0.2, 0.25) is 0 Å². The van der Waals surface area contributed by atoms with E-state index in [0.717, 1.165) is 20.8 Å². The maximum Gasteiger partial charge on any atom is 0.135 e. The van der Waals surface area contributed by atoms with Crippen molar-refractivity contribution in [2.45, 2.75) is 12.5 Å². The molecule has 1 N–H and O–H groups in total. The number of aromatic nitrogens is 1. The van der Waals surface area contributed by atoms with E-state index >= 15 is 0 Å². The lowest BCUT2D eigenvalue weighted by atomic mass is 10.1. The van der Waals surface area contributed by atoms with Crippen LogP contribution in [-0.2, 0) is 6.42 Å². The first kappa shape index (κ1) is 12.5. The molecule has 0 saturated heterocycles. The topological polar surface area (TPSA) is 42.4 Å². The quantitative estimate of drug-likeness (QED) is 0.942. The summed E-state index contributed by atoms with van der Waals surface area (Å²) in [6.07, 6.45) is 1.65. The van der Waals surface area contributed by atoms with E-state index < -0.39 is 6.10 Å². The standard InChI is InChI=1S/C12H12BrNO2S/c1-16-11-4-5-17-12(11)10(15)6-9-3-2-8(13)7-14-9/h2-5,7,10,15H,6H2,1H3.